The van der Waals surface area contributed by atoms with E-state index in [4.69, 9.17) is 4.74 Å². The van der Waals surface area contributed by atoms with Crippen LogP contribution in [0.5, 0.6) is 0 Å². The van der Waals surface area contributed by atoms with Gasteiger partial charge in [0, 0.05) is 30.2 Å². The molecule has 134 valence electrons. The Balaban J connectivity index is 2.14. The molecule has 24 heavy (non-hydrogen) atoms. The first kappa shape index (κ1) is 17.6. The lowest BCUT2D eigenvalue weighted by molar-refractivity contribution is -0.368. The van der Waals surface area contributed by atoms with Crippen LogP contribution in [0.15, 0.2) is 23.1 Å². The van der Waals surface area contributed by atoms with Crippen molar-refractivity contribution in [2.24, 2.45) is 0 Å². The van der Waals surface area contributed by atoms with Gasteiger partial charge in [-0.1, -0.05) is 12.1 Å². The van der Waals surface area contributed by atoms with Gasteiger partial charge in [0.15, 0.2) is 16.0 Å². The molecule has 4 nitrogen and oxygen atoms in total. The molecule has 0 saturated heterocycles. The number of sulfone groups is 1. The zero-order valence-electron chi connectivity index (χ0n) is 12.3. The molecule has 2 atom stereocenters. The summed E-state index contributed by atoms with van der Waals surface area (Å²) >= 11 is 0. The van der Waals surface area contributed by atoms with E-state index in [0.29, 0.717) is 6.26 Å². The van der Waals surface area contributed by atoms with Crippen LogP contribution >= 0.6 is 0 Å². The van der Waals surface area contributed by atoms with Gasteiger partial charge in [0.2, 0.25) is 0 Å². The van der Waals surface area contributed by atoms with Crippen molar-refractivity contribution in [3.05, 3.63) is 29.3 Å². The number of benzene rings is 1. The Labute approximate surface area is 134 Å². The third kappa shape index (κ3) is 2.34. The lowest BCUT2D eigenvalue weighted by Gasteiger charge is -2.41. The minimum Gasteiger partial charge on any atom is -0.357 e. The van der Waals surface area contributed by atoms with Crippen LogP contribution in [0, 0.1) is 0 Å². The maximum atomic E-state index is 14.3. The van der Waals surface area contributed by atoms with Crippen LogP contribution in [0.3, 0.4) is 0 Å². The van der Waals surface area contributed by atoms with Crippen molar-refractivity contribution in [2.75, 3.05) is 6.26 Å². The Morgan fingerprint density at radius 2 is 1.79 bits per heavy atom. The van der Waals surface area contributed by atoms with Crippen molar-refractivity contribution >= 4 is 9.84 Å². The molecule has 0 aromatic heterocycles. The fourth-order valence-electron chi connectivity index (χ4n) is 3.03. The minimum atomic E-state index is -4.53. The maximum Gasteiger partial charge on any atom is 0.339 e. The van der Waals surface area contributed by atoms with E-state index in [9.17, 15) is 35.5 Å². The van der Waals surface area contributed by atoms with Crippen LogP contribution in [0.1, 0.15) is 30.1 Å². The standard InChI is InChI=1S/C14H13F5O4S/c1-24(21,22)9-4-2-3-8-10(9)14(20,13(18,19)11(8)15)23-7-5-12(16,17)6-7/h2-4,7,11,20H,5-6H2,1H3. The second-order valence-corrected chi connectivity index (χ2v) is 8.11. The summed E-state index contributed by atoms with van der Waals surface area (Å²) in [7, 11) is -4.11. The molecule has 2 aliphatic carbocycles. The molecule has 0 heterocycles. The van der Waals surface area contributed by atoms with Gasteiger partial charge in [-0.05, 0) is 6.07 Å². The summed E-state index contributed by atoms with van der Waals surface area (Å²) in [6, 6.07) is 2.88. The Bertz CT molecular complexity index is 786. The molecular weight excluding hydrogens is 359 g/mol. The quantitative estimate of drug-likeness (QED) is 0.655. The van der Waals surface area contributed by atoms with Crippen LogP contribution in [-0.2, 0) is 20.4 Å². The lowest BCUT2D eigenvalue weighted by Crippen LogP contribution is -2.52. The van der Waals surface area contributed by atoms with Crippen molar-refractivity contribution < 1.29 is 40.2 Å². The van der Waals surface area contributed by atoms with Gasteiger partial charge in [-0.15, -0.1) is 0 Å². The fourth-order valence-corrected chi connectivity index (χ4v) is 3.99. The van der Waals surface area contributed by atoms with Gasteiger partial charge in [-0.25, -0.2) is 21.6 Å². The second kappa shape index (κ2) is 4.89. The summed E-state index contributed by atoms with van der Waals surface area (Å²) in [6.45, 7) is 0. The summed E-state index contributed by atoms with van der Waals surface area (Å²) in [6.07, 6.45) is -5.61. The first-order valence-electron chi connectivity index (χ1n) is 6.93. The van der Waals surface area contributed by atoms with Crippen molar-refractivity contribution in [1.29, 1.82) is 0 Å². The molecule has 1 N–H and O–H groups in total. The molecule has 2 aliphatic rings. The van der Waals surface area contributed by atoms with Crippen molar-refractivity contribution in [1.82, 2.24) is 0 Å². The number of aliphatic hydroxyl groups is 1. The van der Waals surface area contributed by atoms with Crippen molar-refractivity contribution in [3.63, 3.8) is 0 Å². The molecule has 0 aliphatic heterocycles. The van der Waals surface area contributed by atoms with Gasteiger partial charge in [0.1, 0.15) is 0 Å². The highest BCUT2D eigenvalue weighted by atomic mass is 32.2. The fraction of sp³-hybridized carbons (Fsp3) is 0.571. The molecule has 0 radical (unpaired) electrons. The number of rotatable bonds is 3. The van der Waals surface area contributed by atoms with Crippen molar-refractivity contribution in [2.45, 2.75) is 47.6 Å². The Morgan fingerprint density at radius 3 is 2.29 bits per heavy atom. The molecule has 0 spiro atoms. The van der Waals surface area contributed by atoms with Gasteiger partial charge >= 0.3 is 5.92 Å². The normalized spacial score (nSPS) is 31.5. The summed E-state index contributed by atoms with van der Waals surface area (Å²) < 4.78 is 97.0. The van der Waals surface area contributed by atoms with Crippen LogP contribution < -0.4 is 0 Å². The highest BCUT2D eigenvalue weighted by Gasteiger charge is 2.70. The molecule has 10 heteroatoms. The molecule has 3 rings (SSSR count). The summed E-state index contributed by atoms with van der Waals surface area (Å²) in [5.74, 6) is -11.3. The van der Waals surface area contributed by atoms with E-state index < -0.39 is 68.6 Å². The summed E-state index contributed by atoms with van der Waals surface area (Å²) in [4.78, 5) is -0.728. The van der Waals surface area contributed by atoms with E-state index in [0.717, 1.165) is 18.2 Å². The third-order valence-electron chi connectivity index (χ3n) is 4.23. The van der Waals surface area contributed by atoms with E-state index >= 15 is 0 Å². The van der Waals surface area contributed by atoms with E-state index in [1.807, 2.05) is 0 Å². The van der Waals surface area contributed by atoms with Crippen LogP contribution in [-0.4, -0.2) is 37.7 Å². The predicted octanol–water partition coefficient (Wildman–Crippen LogP) is 2.71. The largest absolute Gasteiger partial charge is 0.357 e. The van der Waals surface area contributed by atoms with Crippen LogP contribution in [0.25, 0.3) is 0 Å². The molecule has 0 bridgehead atoms. The van der Waals surface area contributed by atoms with E-state index in [2.05, 4.69) is 0 Å². The average Bonchev–Trinajstić information content (AvgIpc) is 2.55. The zero-order chi connectivity index (χ0) is 18.1. The zero-order valence-corrected chi connectivity index (χ0v) is 13.1. The highest BCUT2D eigenvalue weighted by molar-refractivity contribution is 7.90. The van der Waals surface area contributed by atoms with E-state index in [1.54, 1.807) is 0 Å². The molecular formula is C14H13F5O4S. The average molecular weight is 372 g/mol. The number of fused-ring (bicyclic) bond motifs is 1. The number of hydrogen-bond donors (Lipinski definition) is 1. The monoisotopic (exact) mass is 372 g/mol. The maximum absolute atomic E-state index is 14.3. The Morgan fingerprint density at radius 1 is 1.21 bits per heavy atom. The van der Waals surface area contributed by atoms with E-state index in [-0.39, 0.29) is 0 Å². The molecule has 0 amide bonds. The highest BCUT2D eigenvalue weighted by Crippen LogP contribution is 2.59. The smallest absolute Gasteiger partial charge is 0.339 e. The van der Waals surface area contributed by atoms with Crippen LogP contribution in [0.4, 0.5) is 22.0 Å². The van der Waals surface area contributed by atoms with Gasteiger partial charge in [-0.2, -0.15) is 8.78 Å². The van der Waals surface area contributed by atoms with Crippen LogP contribution in [0.2, 0.25) is 0 Å². The molecule has 1 fully saturated rings. The Kier molecular flexibility index (Phi) is 3.58. The first-order chi connectivity index (χ1) is 10.8. The molecule has 1 saturated carbocycles. The van der Waals surface area contributed by atoms with Gasteiger partial charge in [0.25, 0.3) is 11.7 Å². The SMILES string of the molecule is CS(=O)(=O)c1cccc2c1C(O)(OC1CC(F)(F)C1)C(F)(F)C2F. The minimum absolute atomic E-state index is 0.699. The lowest BCUT2D eigenvalue weighted by atomic mass is 9.90. The number of ether oxygens (including phenoxy) is 1. The second-order valence-electron chi connectivity index (χ2n) is 6.13. The number of hydrogen-bond acceptors (Lipinski definition) is 4. The number of halogens is 5. The molecule has 1 aromatic carbocycles. The third-order valence-corrected chi connectivity index (χ3v) is 5.37. The molecule has 2 unspecified atom stereocenters. The van der Waals surface area contributed by atoms with Gasteiger partial charge in [0.05, 0.1) is 11.0 Å². The van der Waals surface area contributed by atoms with Gasteiger partial charge < -0.3 is 9.84 Å². The van der Waals surface area contributed by atoms with Gasteiger partial charge in [-0.3, -0.25) is 0 Å². The van der Waals surface area contributed by atoms with Crippen molar-refractivity contribution in [3.8, 4) is 0 Å². The Hall–Kier alpha value is -1.26. The van der Waals surface area contributed by atoms with E-state index in [1.165, 1.54) is 0 Å². The number of alkyl halides is 5. The summed E-state index contributed by atoms with van der Waals surface area (Å²) in [5.41, 5.74) is -1.67. The molecule has 1 aromatic rings. The summed E-state index contributed by atoms with van der Waals surface area (Å²) in [5, 5.41) is 10.4. The predicted molar refractivity (Wildman–Crippen MR) is 71.3 cm³/mol. The first-order valence-corrected chi connectivity index (χ1v) is 8.82. The topological polar surface area (TPSA) is 63.6 Å².